The van der Waals surface area contributed by atoms with Crippen molar-refractivity contribution in [2.45, 2.75) is 32.9 Å². The van der Waals surface area contributed by atoms with Crippen LogP contribution in [-0.2, 0) is 20.9 Å². The Hall–Kier alpha value is -3.78. The van der Waals surface area contributed by atoms with E-state index in [0.717, 1.165) is 15.3 Å². The van der Waals surface area contributed by atoms with E-state index in [0.29, 0.717) is 16.8 Å². The van der Waals surface area contributed by atoms with E-state index in [1.165, 1.54) is 40.5 Å². The molecule has 4 rings (SSSR count). The van der Waals surface area contributed by atoms with Gasteiger partial charge in [0.15, 0.2) is 0 Å². The van der Waals surface area contributed by atoms with Crippen molar-refractivity contribution in [2.24, 2.45) is 0 Å². The fourth-order valence-corrected chi connectivity index (χ4v) is 4.66. The molecule has 1 unspecified atom stereocenters. The minimum absolute atomic E-state index is 0.110. The smallest absolute Gasteiger partial charge is 0.338 e. The minimum Gasteiger partial charge on any atom is -0.462 e. The summed E-state index contributed by atoms with van der Waals surface area (Å²) in [6.07, 6.45) is -0.110. The molecule has 174 valence electrons. The molecule has 2 aromatic carbocycles. The number of imide groups is 1. The molecule has 2 heterocycles. The molecule has 0 radical (unpaired) electrons. The summed E-state index contributed by atoms with van der Waals surface area (Å²) in [6.45, 7) is 4.04. The molecule has 3 aromatic rings. The van der Waals surface area contributed by atoms with E-state index < -0.39 is 23.8 Å². The number of rotatable bonds is 7. The highest BCUT2D eigenvalue weighted by atomic mass is 32.1. The van der Waals surface area contributed by atoms with Crippen molar-refractivity contribution in [1.29, 1.82) is 0 Å². The quantitative estimate of drug-likeness (QED) is 0.377. The molecular formula is C26H24N2O5S. The van der Waals surface area contributed by atoms with Crippen LogP contribution in [-0.4, -0.2) is 41.2 Å². The van der Waals surface area contributed by atoms with E-state index in [2.05, 4.69) is 0 Å². The molecule has 7 nitrogen and oxygen atoms in total. The minimum atomic E-state index is -0.925. The number of anilines is 1. The van der Waals surface area contributed by atoms with Gasteiger partial charge in [0.05, 0.1) is 30.8 Å². The first kappa shape index (κ1) is 23.4. The van der Waals surface area contributed by atoms with Crippen LogP contribution in [0, 0.1) is 6.92 Å². The number of carbonyl (C=O) groups excluding carboxylic acids is 4. The number of hydrogen-bond acceptors (Lipinski definition) is 6. The largest absolute Gasteiger partial charge is 0.462 e. The van der Waals surface area contributed by atoms with Gasteiger partial charge in [-0.1, -0.05) is 24.3 Å². The normalized spacial score (nSPS) is 15.5. The van der Waals surface area contributed by atoms with Crippen LogP contribution in [0.25, 0.3) is 0 Å². The molecular weight excluding hydrogens is 452 g/mol. The first-order valence-electron chi connectivity index (χ1n) is 10.9. The first-order valence-corrected chi connectivity index (χ1v) is 11.8. The standard InChI is InChI=1S/C26H24N2O5S/c1-3-33-26(32)18-10-12-19(13-11-18)28-23(29)15-22(25(28)31)27(16-20-8-6-14-34-20)24(30)21-9-5-4-7-17(21)2/h4-14,22H,3,15-16H2,1-2H3. The number of thiophene rings is 1. The number of carbonyl (C=O) groups is 4. The Morgan fingerprint density at radius 3 is 2.44 bits per heavy atom. The van der Waals surface area contributed by atoms with Gasteiger partial charge in [0.25, 0.3) is 11.8 Å². The van der Waals surface area contributed by atoms with Crippen LogP contribution >= 0.6 is 11.3 Å². The zero-order valence-electron chi connectivity index (χ0n) is 18.9. The van der Waals surface area contributed by atoms with Crippen molar-refractivity contribution in [1.82, 2.24) is 4.90 Å². The third kappa shape index (κ3) is 4.63. The summed E-state index contributed by atoms with van der Waals surface area (Å²) in [5, 5.41) is 1.91. The van der Waals surface area contributed by atoms with Gasteiger partial charge in [-0.25, -0.2) is 9.69 Å². The molecule has 1 aliphatic heterocycles. The maximum absolute atomic E-state index is 13.6. The van der Waals surface area contributed by atoms with E-state index in [1.807, 2.05) is 36.6 Å². The van der Waals surface area contributed by atoms with Gasteiger partial charge < -0.3 is 9.64 Å². The molecule has 1 aliphatic rings. The van der Waals surface area contributed by atoms with Crippen molar-refractivity contribution in [3.8, 4) is 0 Å². The van der Waals surface area contributed by atoms with Crippen LogP contribution in [0.15, 0.2) is 66.0 Å². The van der Waals surface area contributed by atoms with Crippen LogP contribution in [0.5, 0.6) is 0 Å². The lowest BCUT2D eigenvalue weighted by Crippen LogP contribution is -2.45. The summed E-state index contributed by atoms with van der Waals surface area (Å²) >= 11 is 1.49. The van der Waals surface area contributed by atoms with Gasteiger partial charge in [-0.05, 0) is 61.2 Å². The summed E-state index contributed by atoms with van der Waals surface area (Å²) in [4.78, 5) is 55.3. The predicted molar refractivity (Wildman–Crippen MR) is 129 cm³/mol. The molecule has 34 heavy (non-hydrogen) atoms. The van der Waals surface area contributed by atoms with Gasteiger partial charge in [-0.15, -0.1) is 11.3 Å². The Morgan fingerprint density at radius 2 is 1.79 bits per heavy atom. The highest BCUT2D eigenvalue weighted by Gasteiger charge is 2.44. The average Bonchev–Trinajstić information content (AvgIpc) is 3.45. The topological polar surface area (TPSA) is 84.0 Å². The van der Waals surface area contributed by atoms with Gasteiger partial charge in [0, 0.05) is 10.4 Å². The highest BCUT2D eigenvalue weighted by molar-refractivity contribution is 7.09. The molecule has 0 bridgehead atoms. The van der Waals surface area contributed by atoms with Gasteiger partial charge in [0.1, 0.15) is 6.04 Å². The molecule has 0 saturated carbocycles. The second kappa shape index (κ2) is 10.0. The third-order valence-corrected chi connectivity index (χ3v) is 6.54. The second-order valence-electron chi connectivity index (χ2n) is 7.88. The van der Waals surface area contributed by atoms with Gasteiger partial charge in [-0.2, -0.15) is 0 Å². The molecule has 0 spiro atoms. The summed E-state index contributed by atoms with van der Waals surface area (Å²) in [6, 6.07) is 16.2. The number of nitrogens with zero attached hydrogens (tertiary/aromatic N) is 2. The van der Waals surface area contributed by atoms with E-state index >= 15 is 0 Å². The zero-order chi connectivity index (χ0) is 24.2. The third-order valence-electron chi connectivity index (χ3n) is 5.68. The highest BCUT2D eigenvalue weighted by Crippen LogP contribution is 2.29. The number of amides is 3. The number of hydrogen-bond donors (Lipinski definition) is 0. The van der Waals surface area contributed by atoms with E-state index in [-0.39, 0.29) is 25.5 Å². The zero-order valence-corrected chi connectivity index (χ0v) is 19.7. The SMILES string of the molecule is CCOC(=O)c1ccc(N2C(=O)CC(N(Cc3cccs3)C(=O)c3ccccc3C)C2=O)cc1. The number of benzene rings is 2. The maximum atomic E-state index is 13.6. The van der Waals surface area contributed by atoms with E-state index in [9.17, 15) is 19.2 Å². The first-order chi connectivity index (χ1) is 16.4. The molecule has 0 aliphatic carbocycles. The molecule has 8 heteroatoms. The van der Waals surface area contributed by atoms with Crippen LogP contribution in [0.1, 0.15) is 44.5 Å². The van der Waals surface area contributed by atoms with Crippen LogP contribution < -0.4 is 4.90 Å². The van der Waals surface area contributed by atoms with Crippen molar-refractivity contribution in [2.75, 3.05) is 11.5 Å². The Labute approximate surface area is 201 Å². The maximum Gasteiger partial charge on any atom is 0.338 e. The average molecular weight is 477 g/mol. The number of ether oxygens (including phenoxy) is 1. The van der Waals surface area contributed by atoms with E-state index in [1.54, 1.807) is 19.1 Å². The Balaban J connectivity index is 1.63. The predicted octanol–water partition coefficient (Wildman–Crippen LogP) is 4.21. The van der Waals surface area contributed by atoms with Crippen LogP contribution in [0.2, 0.25) is 0 Å². The second-order valence-corrected chi connectivity index (χ2v) is 8.91. The fraction of sp³-hybridized carbons (Fsp3) is 0.231. The monoisotopic (exact) mass is 476 g/mol. The summed E-state index contributed by atoms with van der Waals surface area (Å²) in [5.74, 6) is -1.63. The number of esters is 1. The molecule has 1 aromatic heterocycles. The Kier molecular flexibility index (Phi) is 6.88. The molecule has 0 N–H and O–H groups in total. The molecule has 3 amide bonds. The lowest BCUT2D eigenvalue weighted by Gasteiger charge is -2.28. The van der Waals surface area contributed by atoms with E-state index in [4.69, 9.17) is 4.74 Å². The number of aryl methyl sites for hydroxylation is 1. The Morgan fingerprint density at radius 1 is 1.06 bits per heavy atom. The van der Waals surface area contributed by atoms with Crippen molar-refractivity contribution < 1.29 is 23.9 Å². The molecule has 1 saturated heterocycles. The lowest BCUT2D eigenvalue weighted by molar-refractivity contribution is -0.122. The van der Waals surface area contributed by atoms with Crippen LogP contribution in [0.3, 0.4) is 0 Å². The van der Waals surface area contributed by atoms with Gasteiger partial charge in [-0.3, -0.25) is 14.4 Å². The van der Waals surface area contributed by atoms with Crippen molar-refractivity contribution in [3.63, 3.8) is 0 Å². The van der Waals surface area contributed by atoms with Gasteiger partial charge >= 0.3 is 5.97 Å². The van der Waals surface area contributed by atoms with Gasteiger partial charge in [0.2, 0.25) is 5.91 Å². The van der Waals surface area contributed by atoms with Crippen LogP contribution in [0.4, 0.5) is 5.69 Å². The summed E-state index contributed by atoms with van der Waals surface area (Å²) < 4.78 is 4.98. The summed E-state index contributed by atoms with van der Waals surface area (Å²) in [7, 11) is 0. The summed E-state index contributed by atoms with van der Waals surface area (Å²) in [5.41, 5.74) is 1.98. The van der Waals surface area contributed by atoms with Crippen molar-refractivity contribution >= 4 is 40.7 Å². The molecule has 1 atom stereocenters. The Bertz CT molecular complexity index is 1220. The lowest BCUT2D eigenvalue weighted by atomic mass is 10.1. The van der Waals surface area contributed by atoms with Crippen molar-refractivity contribution in [3.05, 3.63) is 87.6 Å². The fourth-order valence-electron chi connectivity index (χ4n) is 3.95. The molecule has 1 fully saturated rings.